The lowest BCUT2D eigenvalue weighted by Crippen LogP contribution is -2.29. The Bertz CT molecular complexity index is 562. The monoisotopic (exact) mass is 333 g/mol. The second kappa shape index (κ2) is 6.83. The maximum absolute atomic E-state index is 11.7. The van der Waals surface area contributed by atoms with Gasteiger partial charge >= 0.3 is 0 Å². The molecule has 1 aromatic carbocycles. The van der Waals surface area contributed by atoms with E-state index in [1.807, 2.05) is 18.2 Å². The smallest absolute Gasteiger partial charge is 0.237 e. The van der Waals surface area contributed by atoms with Crippen LogP contribution in [0.15, 0.2) is 30.3 Å². The van der Waals surface area contributed by atoms with E-state index in [9.17, 15) is 13.2 Å². The third-order valence-electron chi connectivity index (χ3n) is 3.19. The van der Waals surface area contributed by atoms with Crippen molar-refractivity contribution in [2.75, 3.05) is 18.8 Å². The summed E-state index contributed by atoms with van der Waals surface area (Å²) in [6, 6.07) is 10.1. The highest BCUT2D eigenvalue weighted by atomic mass is 35.7. The maximum atomic E-state index is 11.7. The minimum absolute atomic E-state index is 0.00911. The summed E-state index contributed by atoms with van der Waals surface area (Å²) >= 11 is 1.73. The molecule has 1 aliphatic heterocycles. The van der Waals surface area contributed by atoms with Gasteiger partial charge in [-0.3, -0.25) is 4.79 Å². The minimum Gasteiger partial charge on any atom is -0.340 e. The topological polar surface area (TPSA) is 54.5 Å². The molecule has 1 heterocycles. The van der Waals surface area contributed by atoms with Gasteiger partial charge in [0.05, 0.1) is 0 Å². The fourth-order valence-corrected chi connectivity index (χ4v) is 4.06. The Morgan fingerprint density at radius 2 is 2.00 bits per heavy atom. The summed E-state index contributed by atoms with van der Waals surface area (Å²) < 4.78 is 22.4. The summed E-state index contributed by atoms with van der Waals surface area (Å²) in [4.78, 5) is 13.3. The first-order chi connectivity index (χ1) is 9.47. The van der Waals surface area contributed by atoms with E-state index in [2.05, 4.69) is 12.1 Å². The zero-order chi connectivity index (χ0) is 14.6. The maximum Gasteiger partial charge on any atom is 0.237 e. The molecule has 1 atom stereocenters. The number of likely N-dealkylation sites (tertiary alicyclic amines) is 1. The summed E-state index contributed by atoms with van der Waals surface area (Å²) in [6.45, 7) is 0.788. The third kappa shape index (κ3) is 4.40. The van der Waals surface area contributed by atoms with Crippen LogP contribution < -0.4 is 0 Å². The van der Waals surface area contributed by atoms with E-state index in [4.69, 9.17) is 10.7 Å². The van der Waals surface area contributed by atoms with Crippen molar-refractivity contribution in [2.24, 2.45) is 0 Å². The summed E-state index contributed by atoms with van der Waals surface area (Å²) in [5.74, 6) is 1.55. The number of hydrogen-bond donors (Lipinski definition) is 0. The second-order valence-corrected chi connectivity index (χ2v) is 8.69. The number of thioether (sulfide) groups is 1. The Morgan fingerprint density at radius 3 is 2.60 bits per heavy atom. The lowest BCUT2D eigenvalue weighted by atomic mass is 10.2. The first-order valence-electron chi connectivity index (χ1n) is 6.30. The zero-order valence-corrected chi connectivity index (χ0v) is 13.3. The quantitative estimate of drug-likeness (QED) is 0.591. The predicted octanol–water partition coefficient (Wildman–Crippen LogP) is 2.09. The van der Waals surface area contributed by atoms with Crippen LogP contribution in [0, 0.1) is 0 Å². The van der Waals surface area contributed by atoms with Gasteiger partial charge in [-0.1, -0.05) is 30.3 Å². The predicted molar refractivity (Wildman–Crippen MR) is 82.4 cm³/mol. The van der Waals surface area contributed by atoms with E-state index in [-0.39, 0.29) is 18.9 Å². The molecule has 7 heteroatoms. The van der Waals surface area contributed by atoms with Gasteiger partial charge in [-0.2, -0.15) is 11.8 Å². The average molecular weight is 334 g/mol. The first kappa shape index (κ1) is 15.7. The van der Waals surface area contributed by atoms with Crippen molar-refractivity contribution in [3.63, 3.8) is 0 Å². The van der Waals surface area contributed by atoms with Crippen molar-refractivity contribution >= 4 is 37.4 Å². The van der Waals surface area contributed by atoms with Crippen LogP contribution in [-0.4, -0.2) is 43.3 Å². The lowest BCUT2D eigenvalue weighted by molar-refractivity contribution is -0.127. The van der Waals surface area contributed by atoms with Crippen LogP contribution in [-0.2, 0) is 19.6 Å². The number of carbonyl (C=O) groups is 1. The Kier molecular flexibility index (Phi) is 5.35. The fourth-order valence-electron chi connectivity index (χ4n) is 2.08. The van der Waals surface area contributed by atoms with E-state index in [1.165, 1.54) is 5.56 Å². The van der Waals surface area contributed by atoms with Crippen molar-refractivity contribution in [3.05, 3.63) is 35.9 Å². The van der Waals surface area contributed by atoms with E-state index in [0.717, 1.165) is 11.5 Å². The largest absolute Gasteiger partial charge is 0.340 e. The SMILES string of the molecule is O=C1CC(S(=O)(=O)Cl)CN1CCSCc1ccccc1. The number of halogens is 1. The molecule has 0 aliphatic carbocycles. The van der Waals surface area contributed by atoms with Crippen molar-refractivity contribution in [2.45, 2.75) is 17.4 Å². The molecule has 0 N–H and O–H groups in total. The van der Waals surface area contributed by atoms with Gasteiger partial charge in [-0.25, -0.2) is 8.42 Å². The first-order valence-corrected chi connectivity index (χ1v) is 9.82. The van der Waals surface area contributed by atoms with Gasteiger partial charge < -0.3 is 4.90 Å². The molecule has 1 aromatic rings. The molecule has 1 aliphatic rings. The van der Waals surface area contributed by atoms with Crippen LogP contribution in [0.25, 0.3) is 0 Å². The molecule has 110 valence electrons. The molecule has 0 spiro atoms. The third-order valence-corrected chi connectivity index (χ3v) is 6.07. The Morgan fingerprint density at radius 1 is 1.30 bits per heavy atom. The number of hydrogen-bond acceptors (Lipinski definition) is 4. The molecule has 0 radical (unpaired) electrons. The second-order valence-electron chi connectivity index (χ2n) is 4.68. The number of carbonyl (C=O) groups excluding carboxylic acids is 1. The van der Waals surface area contributed by atoms with E-state index in [0.29, 0.717) is 6.54 Å². The average Bonchev–Trinajstić information content (AvgIpc) is 2.77. The number of rotatable bonds is 6. The lowest BCUT2D eigenvalue weighted by Gasteiger charge is -2.15. The number of benzene rings is 1. The minimum atomic E-state index is -3.64. The van der Waals surface area contributed by atoms with Crippen LogP contribution >= 0.6 is 22.4 Å². The summed E-state index contributed by atoms with van der Waals surface area (Å²) in [5, 5.41) is -0.754. The molecule has 4 nitrogen and oxygen atoms in total. The van der Waals surface area contributed by atoms with Crippen molar-refractivity contribution < 1.29 is 13.2 Å². The van der Waals surface area contributed by atoms with Gasteiger partial charge in [-0.15, -0.1) is 0 Å². The van der Waals surface area contributed by atoms with Crippen LogP contribution in [0.4, 0.5) is 0 Å². The van der Waals surface area contributed by atoms with Gasteiger partial charge in [0, 0.05) is 41.7 Å². The molecule has 1 amide bonds. The Labute approximate surface area is 127 Å². The van der Waals surface area contributed by atoms with Crippen molar-refractivity contribution in [1.29, 1.82) is 0 Å². The van der Waals surface area contributed by atoms with Crippen LogP contribution in [0.3, 0.4) is 0 Å². The molecule has 1 fully saturated rings. The van der Waals surface area contributed by atoms with E-state index < -0.39 is 14.3 Å². The zero-order valence-electron chi connectivity index (χ0n) is 10.9. The van der Waals surface area contributed by atoms with E-state index in [1.54, 1.807) is 16.7 Å². The molecule has 0 bridgehead atoms. The van der Waals surface area contributed by atoms with Gasteiger partial charge in [0.25, 0.3) is 0 Å². The van der Waals surface area contributed by atoms with Crippen LogP contribution in [0.2, 0.25) is 0 Å². The fraction of sp³-hybridized carbons (Fsp3) is 0.462. The van der Waals surface area contributed by atoms with Crippen LogP contribution in [0.5, 0.6) is 0 Å². The summed E-state index contributed by atoms with van der Waals surface area (Å²) in [6.07, 6.45) is 0.00911. The molecule has 0 saturated carbocycles. The molecule has 2 rings (SSSR count). The normalized spacial score (nSPS) is 19.6. The van der Waals surface area contributed by atoms with Crippen molar-refractivity contribution in [3.8, 4) is 0 Å². The Balaban J connectivity index is 1.74. The van der Waals surface area contributed by atoms with Crippen molar-refractivity contribution in [1.82, 2.24) is 4.90 Å². The highest BCUT2D eigenvalue weighted by Gasteiger charge is 2.36. The molecule has 1 unspecified atom stereocenters. The molecule has 1 saturated heterocycles. The summed E-state index contributed by atoms with van der Waals surface area (Å²) in [5.41, 5.74) is 1.24. The van der Waals surface area contributed by atoms with Crippen LogP contribution in [0.1, 0.15) is 12.0 Å². The highest BCUT2D eigenvalue weighted by Crippen LogP contribution is 2.22. The van der Waals surface area contributed by atoms with Gasteiger partial charge in [0.15, 0.2) is 0 Å². The molecule has 20 heavy (non-hydrogen) atoms. The number of amides is 1. The highest BCUT2D eigenvalue weighted by molar-refractivity contribution is 8.14. The van der Waals surface area contributed by atoms with Gasteiger partial charge in [0.2, 0.25) is 15.0 Å². The number of nitrogens with zero attached hydrogens (tertiary/aromatic N) is 1. The Hall–Kier alpha value is -0.720. The van der Waals surface area contributed by atoms with E-state index >= 15 is 0 Å². The standard InChI is InChI=1S/C13H16ClNO3S2/c14-20(17,18)12-8-13(16)15(9-12)6-7-19-10-11-4-2-1-3-5-11/h1-5,12H,6-10H2. The molecule has 0 aromatic heterocycles. The molecular weight excluding hydrogens is 318 g/mol. The molecular formula is C13H16ClNO3S2. The van der Waals surface area contributed by atoms with Gasteiger partial charge in [-0.05, 0) is 5.56 Å². The van der Waals surface area contributed by atoms with Gasteiger partial charge in [0.1, 0.15) is 5.25 Å². The summed E-state index contributed by atoms with van der Waals surface area (Å²) in [7, 11) is 1.66.